The van der Waals surface area contributed by atoms with Crippen LogP contribution in [-0.2, 0) is 6.54 Å². The maximum atomic E-state index is 6.16. The van der Waals surface area contributed by atoms with Crippen LogP contribution in [0.3, 0.4) is 0 Å². The molecule has 0 aliphatic rings. The Morgan fingerprint density at radius 2 is 1.88 bits per heavy atom. The van der Waals surface area contributed by atoms with Crippen LogP contribution in [0.5, 0.6) is 11.5 Å². The molecule has 4 nitrogen and oxygen atoms in total. The second-order valence-corrected chi connectivity index (χ2v) is 6.32. The molecular weight excluding hydrogens is 367 g/mol. The van der Waals surface area contributed by atoms with Gasteiger partial charge in [0.15, 0.2) is 5.11 Å². The van der Waals surface area contributed by atoms with E-state index in [1.54, 1.807) is 32.4 Å². The van der Waals surface area contributed by atoms with Gasteiger partial charge in [-0.2, -0.15) is 0 Å². The molecule has 0 saturated heterocycles. The van der Waals surface area contributed by atoms with E-state index in [0.29, 0.717) is 27.4 Å². The molecule has 0 saturated carbocycles. The number of ether oxygens (including phenoxy) is 2. The van der Waals surface area contributed by atoms with Gasteiger partial charge in [-0.05, 0) is 42.5 Å². The summed E-state index contributed by atoms with van der Waals surface area (Å²) in [6.07, 6.45) is 0. The molecule has 7 heteroatoms. The maximum Gasteiger partial charge on any atom is 0.173 e. The Balaban J connectivity index is 2.08. The molecule has 0 heterocycles. The lowest BCUT2D eigenvalue weighted by molar-refractivity contribution is 0.384. The van der Waals surface area contributed by atoms with Crippen molar-refractivity contribution in [2.75, 3.05) is 26.6 Å². The Hall–Kier alpha value is -1.69. The van der Waals surface area contributed by atoms with E-state index in [2.05, 4.69) is 5.32 Å². The van der Waals surface area contributed by atoms with E-state index < -0.39 is 0 Å². The Morgan fingerprint density at radius 1 is 1.12 bits per heavy atom. The number of benzene rings is 2. The average Bonchev–Trinajstić information content (AvgIpc) is 2.57. The van der Waals surface area contributed by atoms with Crippen LogP contribution in [0.15, 0.2) is 36.4 Å². The van der Waals surface area contributed by atoms with Crippen molar-refractivity contribution in [3.8, 4) is 11.5 Å². The van der Waals surface area contributed by atoms with Gasteiger partial charge in [0, 0.05) is 30.2 Å². The summed E-state index contributed by atoms with van der Waals surface area (Å²) < 4.78 is 10.6. The topological polar surface area (TPSA) is 33.7 Å². The van der Waals surface area contributed by atoms with Crippen molar-refractivity contribution < 1.29 is 9.47 Å². The summed E-state index contributed by atoms with van der Waals surface area (Å²) in [5.41, 5.74) is 1.70. The lowest BCUT2D eigenvalue weighted by Crippen LogP contribution is -2.30. The molecule has 0 aliphatic carbocycles. The van der Waals surface area contributed by atoms with E-state index in [0.717, 1.165) is 17.1 Å². The summed E-state index contributed by atoms with van der Waals surface area (Å²) in [7, 11) is 5.14. The minimum atomic E-state index is 0.514. The number of anilines is 1. The molecule has 0 unspecified atom stereocenters. The summed E-state index contributed by atoms with van der Waals surface area (Å²) in [5.74, 6) is 1.49. The molecule has 2 aromatic carbocycles. The van der Waals surface area contributed by atoms with Crippen molar-refractivity contribution >= 4 is 46.2 Å². The number of hydrogen-bond acceptors (Lipinski definition) is 3. The molecule has 2 rings (SSSR count). The Labute approximate surface area is 157 Å². The molecule has 0 aromatic heterocycles. The summed E-state index contributed by atoms with van der Waals surface area (Å²) in [4.78, 5) is 1.89. The van der Waals surface area contributed by atoms with E-state index in [1.807, 2.05) is 30.1 Å². The lowest BCUT2D eigenvalue weighted by Gasteiger charge is -2.23. The standard InChI is InChI=1S/C17H18Cl2N2O2S/c1-21(10-11-4-6-13(22-2)9-16(11)23-3)17(24)20-15-7-5-12(18)8-14(15)19/h4-9H,10H2,1-3H3,(H,20,24). The highest BCUT2D eigenvalue weighted by Gasteiger charge is 2.12. The van der Waals surface area contributed by atoms with Gasteiger partial charge in [-0.15, -0.1) is 0 Å². The van der Waals surface area contributed by atoms with Crippen molar-refractivity contribution in [3.63, 3.8) is 0 Å². The Kier molecular flexibility index (Phi) is 6.54. The largest absolute Gasteiger partial charge is 0.497 e. The van der Waals surface area contributed by atoms with E-state index in [-0.39, 0.29) is 0 Å². The van der Waals surface area contributed by atoms with Crippen molar-refractivity contribution in [2.24, 2.45) is 0 Å². The third-order valence-corrected chi connectivity index (χ3v) is 4.38. The molecule has 0 aliphatic heterocycles. The number of nitrogens with one attached hydrogen (secondary N) is 1. The van der Waals surface area contributed by atoms with Crippen molar-refractivity contribution in [1.29, 1.82) is 0 Å². The fourth-order valence-corrected chi connectivity index (χ4v) is 2.74. The molecule has 0 radical (unpaired) electrons. The van der Waals surface area contributed by atoms with Gasteiger partial charge >= 0.3 is 0 Å². The summed E-state index contributed by atoms with van der Waals surface area (Å²) in [6.45, 7) is 0.574. The first kappa shape index (κ1) is 18.6. The summed E-state index contributed by atoms with van der Waals surface area (Å²) >= 11 is 17.5. The van der Waals surface area contributed by atoms with Crippen LogP contribution < -0.4 is 14.8 Å². The minimum absolute atomic E-state index is 0.514. The van der Waals surface area contributed by atoms with Gasteiger partial charge in [-0.25, -0.2) is 0 Å². The SMILES string of the molecule is COc1ccc(CN(C)C(=S)Nc2ccc(Cl)cc2Cl)c(OC)c1. The molecule has 2 aromatic rings. The third kappa shape index (κ3) is 4.66. The fraction of sp³-hybridized carbons (Fsp3) is 0.235. The van der Waals surface area contributed by atoms with Crippen LogP contribution in [-0.4, -0.2) is 31.3 Å². The fourth-order valence-electron chi connectivity index (χ4n) is 2.11. The number of hydrogen-bond donors (Lipinski definition) is 1. The zero-order valence-electron chi connectivity index (χ0n) is 13.6. The van der Waals surface area contributed by atoms with Gasteiger partial charge in [-0.1, -0.05) is 23.2 Å². The molecule has 0 amide bonds. The number of thiocarbonyl (C=S) groups is 1. The Bertz CT molecular complexity index is 741. The summed E-state index contributed by atoms with van der Waals surface area (Å²) in [5, 5.41) is 4.75. The van der Waals surface area contributed by atoms with Crippen LogP contribution in [0.25, 0.3) is 0 Å². The predicted octanol–water partition coefficient (Wildman–Crippen LogP) is 4.84. The van der Waals surface area contributed by atoms with E-state index >= 15 is 0 Å². The zero-order chi connectivity index (χ0) is 17.7. The predicted molar refractivity (Wildman–Crippen MR) is 104 cm³/mol. The monoisotopic (exact) mass is 384 g/mol. The van der Waals surface area contributed by atoms with E-state index in [1.165, 1.54) is 0 Å². The van der Waals surface area contributed by atoms with Crippen molar-refractivity contribution in [3.05, 3.63) is 52.0 Å². The highest BCUT2D eigenvalue weighted by atomic mass is 35.5. The third-order valence-electron chi connectivity index (χ3n) is 3.42. The molecule has 0 fully saturated rings. The number of methoxy groups -OCH3 is 2. The molecule has 128 valence electrons. The molecule has 0 spiro atoms. The Morgan fingerprint density at radius 3 is 2.50 bits per heavy atom. The lowest BCUT2D eigenvalue weighted by atomic mass is 10.2. The molecule has 0 bridgehead atoms. The van der Waals surface area contributed by atoms with Crippen molar-refractivity contribution in [1.82, 2.24) is 4.90 Å². The van der Waals surface area contributed by atoms with Crippen LogP contribution in [0, 0.1) is 0 Å². The van der Waals surface area contributed by atoms with Gasteiger partial charge in [0.2, 0.25) is 0 Å². The highest BCUT2D eigenvalue weighted by Crippen LogP contribution is 2.27. The summed E-state index contributed by atoms with van der Waals surface area (Å²) in [6, 6.07) is 10.9. The van der Waals surface area contributed by atoms with Crippen LogP contribution >= 0.6 is 35.4 Å². The van der Waals surface area contributed by atoms with Crippen LogP contribution in [0.1, 0.15) is 5.56 Å². The van der Waals surface area contributed by atoms with Gasteiger partial charge < -0.3 is 19.7 Å². The molecular formula is C17H18Cl2N2O2S. The molecule has 0 atom stereocenters. The van der Waals surface area contributed by atoms with E-state index in [9.17, 15) is 0 Å². The number of nitrogens with zero attached hydrogens (tertiary/aromatic N) is 1. The van der Waals surface area contributed by atoms with Gasteiger partial charge in [0.25, 0.3) is 0 Å². The second kappa shape index (κ2) is 8.42. The first-order valence-electron chi connectivity index (χ1n) is 7.12. The van der Waals surface area contributed by atoms with Gasteiger partial charge in [0.1, 0.15) is 11.5 Å². The van der Waals surface area contributed by atoms with Gasteiger partial charge in [-0.3, -0.25) is 0 Å². The smallest absolute Gasteiger partial charge is 0.173 e. The quantitative estimate of drug-likeness (QED) is 0.745. The van der Waals surface area contributed by atoms with Crippen LogP contribution in [0.2, 0.25) is 10.0 Å². The maximum absolute atomic E-state index is 6.16. The second-order valence-electron chi connectivity index (χ2n) is 5.09. The van der Waals surface area contributed by atoms with Crippen LogP contribution in [0.4, 0.5) is 5.69 Å². The molecule has 1 N–H and O–H groups in total. The normalized spacial score (nSPS) is 10.2. The highest BCUT2D eigenvalue weighted by molar-refractivity contribution is 7.80. The zero-order valence-corrected chi connectivity index (χ0v) is 15.9. The van der Waals surface area contributed by atoms with E-state index in [4.69, 9.17) is 44.9 Å². The first-order chi connectivity index (χ1) is 11.4. The molecule has 24 heavy (non-hydrogen) atoms. The average molecular weight is 385 g/mol. The van der Waals surface area contributed by atoms with Crippen molar-refractivity contribution in [2.45, 2.75) is 6.54 Å². The first-order valence-corrected chi connectivity index (χ1v) is 8.29. The number of rotatable bonds is 5. The number of halogens is 2. The van der Waals surface area contributed by atoms with Gasteiger partial charge in [0.05, 0.1) is 24.9 Å². The minimum Gasteiger partial charge on any atom is -0.497 e.